The third kappa shape index (κ3) is 9.35. The van der Waals surface area contributed by atoms with Gasteiger partial charge in [-0.15, -0.1) is 0 Å². The third-order valence-corrected chi connectivity index (χ3v) is 19.1. The molecule has 0 aliphatic carbocycles. The molecule has 0 aromatic rings. The molecule has 0 bridgehead atoms. The Morgan fingerprint density at radius 3 is 1.93 bits per heavy atom. The summed E-state index contributed by atoms with van der Waals surface area (Å²) in [5.74, 6) is 0. The zero-order valence-electron chi connectivity index (χ0n) is 10.6. The van der Waals surface area contributed by atoms with Gasteiger partial charge in [0.1, 0.15) is 9.76 Å². The van der Waals surface area contributed by atoms with Crippen LogP contribution in [0.2, 0.25) is 44.1 Å². The first kappa shape index (κ1) is 14.8. The van der Waals surface area contributed by atoms with Crippen molar-refractivity contribution in [2.75, 3.05) is 7.11 Å². The van der Waals surface area contributed by atoms with E-state index in [0.717, 1.165) is 0 Å². The molecule has 0 atom stereocenters. The highest BCUT2D eigenvalue weighted by Crippen LogP contribution is 2.12. The van der Waals surface area contributed by atoms with E-state index in [1.54, 1.807) is 0 Å². The number of hydrogen-bond donors (Lipinski definition) is 0. The van der Waals surface area contributed by atoms with Crippen molar-refractivity contribution in [1.82, 2.24) is 0 Å². The van der Waals surface area contributed by atoms with Crippen LogP contribution in [0.5, 0.6) is 0 Å². The van der Waals surface area contributed by atoms with E-state index in [1.807, 2.05) is 7.11 Å². The van der Waals surface area contributed by atoms with Gasteiger partial charge < -0.3 is 8.54 Å². The average molecular weight is 267 g/mol. The lowest BCUT2D eigenvalue weighted by Gasteiger charge is -2.25. The second kappa shape index (κ2) is 6.39. The summed E-state index contributed by atoms with van der Waals surface area (Å²) < 4.78 is 11.4. The Morgan fingerprint density at radius 2 is 1.50 bits per heavy atom. The van der Waals surface area contributed by atoms with Crippen molar-refractivity contribution in [2.45, 2.75) is 44.1 Å². The fourth-order valence-electron chi connectivity index (χ4n) is 1.05. The molecule has 0 heterocycles. The van der Waals surface area contributed by atoms with Crippen molar-refractivity contribution in [1.29, 1.82) is 0 Å². The van der Waals surface area contributed by atoms with Crippen LogP contribution >= 0.6 is 0 Å². The Hall–Kier alpha value is 0.788. The lowest BCUT2D eigenvalue weighted by Crippen LogP contribution is -2.36. The maximum absolute atomic E-state index is 6.17. The first-order chi connectivity index (χ1) is 6.27. The van der Waals surface area contributed by atoms with Gasteiger partial charge in [-0.1, -0.05) is 19.6 Å². The highest BCUT2D eigenvalue weighted by Gasteiger charge is 2.23. The van der Waals surface area contributed by atoms with Crippen LogP contribution in [0.15, 0.2) is 0 Å². The SMILES string of the molecule is CO[SiH2]C[Si](C)(C)O[SiH2]C[Si](C)(C)C. The quantitative estimate of drug-likeness (QED) is 0.646. The summed E-state index contributed by atoms with van der Waals surface area (Å²) in [7, 11) is -0.832. The van der Waals surface area contributed by atoms with Gasteiger partial charge in [0, 0.05) is 15.2 Å². The predicted molar refractivity (Wildman–Crippen MR) is 75.6 cm³/mol. The molecule has 14 heavy (non-hydrogen) atoms. The van der Waals surface area contributed by atoms with Crippen LogP contribution in [0, 0.1) is 0 Å². The summed E-state index contributed by atoms with van der Waals surface area (Å²) in [5, 5.41) is 0. The molecule has 0 aliphatic heterocycles. The maximum atomic E-state index is 6.17. The normalized spacial score (nSPS) is 15.0. The monoisotopic (exact) mass is 266 g/mol. The van der Waals surface area contributed by atoms with Crippen LogP contribution in [-0.4, -0.2) is 43.0 Å². The van der Waals surface area contributed by atoms with Crippen LogP contribution in [0.1, 0.15) is 0 Å². The van der Waals surface area contributed by atoms with E-state index in [9.17, 15) is 0 Å². The Bertz CT molecular complexity index is 156. The predicted octanol–water partition coefficient (Wildman–Crippen LogP) is 1.28. The molecule has 0 spiro atoms. The van der Waals surface area contributed by atoms with Crippen molar-refractivity contribution in [3.05, 3.63) is 0 Å². The Labute approximate surface area is 95.8 Å². The molecular weight excluding hydrogens is 240 g/mol. The summed E-state index contributed by atoms with van der Waals surface area (Å²) in [4.78, 5) is 0. The van der Waals surface area contributed by atoms with Gasteiger partial charge in [-0.05, 0) is 24.4 Å². The molecule has 0 aromatic heterocycles. The molecule has 0 unspecified atom stereocenters. The highest BCUT2D eigenvalue weighted by atomic mass is 28.4. The second-order valence-electron chi connectivity index (χ2n) is 5.66. The van der Waals surface area contributed by atoms with E-state index in [4.69, 9.17) is 8.54 Å². The van der Waals surface area contributed by atoms with E-state index in [1.165, 1.54) is 11.3 Å². The Morgan fingerprint density at radius 1 is 0.929 bits per heavy atom. The molecule has 6 heteroatoms. The summed E-state index contributed by atoms with van der Waals surface area (Å²) >= 11 is 0. The molecular formula is C8H26O2Si4. The van der Waals surface area contributed by atoms with Gasteiger partial charge in [-0.2, -0.15) is 0 Å². The smallest absolute Gasteiger partial charge is 0.171 e. The third-order valence-electron chi connectivity index (χ3n) is 2.25. The Balaban J connectivity index is 3.65. The number of hydrogen-bond acceptors (Lipinski definition) is 2. The summed E-state index contributed by atoms with van der Waals surface area (Å²) in [6, 6.07) is 0. The topological polar surface area (TPSA) is 18.5 Å². The number of rotatable bonds is 7. The van der Waals surface area contributed by atoms with Crippen LogP contribution in [0.25, 0.3) is 0 Å². The van der Waals surface area contributed by atoms with Gasteiger partial charge in [0.15, 0.2) is 18.1 Å². The van der Waals surface area contributed by atoms with Crippen molar-refractivity contribution < 1.29 is 8.54 Å². The second-order valence-corrected chi connectivity index (χ2v) is 20.9. The van der Waals surface area contributed by atoms with E-state index < -0.39 is 16.4 Å². The Kier molecular flexibility index (Phi) is 6.75. The van der Waals surface area contributed by atoms with E-state index >= 15 is 0 Å². The molecule has 0 fully saturated rings. The summed E-state index contributed by atoms with van der Waals surface area (Å²) in [6.45, 7) is 12.0. The molecule has 86 valence electrons. The molecule has 0 amide bonds. The van der Waals surface area contributed by atoms with Gasteiger partial charge in [0.2, 0.25) is 0 Å². The van der Waals surface area contributed by atoms with Crippen molar-refractivity contribution in [2.24, 2.45) is 0 Å². The van der Waals surface area contributed by atoms with Crippen LogP contribution in [0.4, 0.5) is 0 Å². The molecule has 0 saturated heterocycles. The molecule has 0 rings (SSSR count). The summed E-state index contributed by atoms with van der Waals surface area (Å²) in [5.41, 5.74) is 2.71. The molecule has 2 nitrogen and oxygen atoms in total. The fourth-order valence-corrected chi connectivity index (χ4v) is 11.7. The van der Waals surface area contributed by atoms with Crippen molar-refractivity contribution in [3.63, 3.8) is 0 Å². The van der Waals surface area contributed by atoms with Crippen LogP contribution in [0.3, 0.4) is 0 Å². The summed E-state index contributed by atoms with van der Waals surface area (Å²) in [6.07, 6.45) is 0. The van der Waals surface area contributed by atoms with E-state index in [2.05, 4.69) is 32.7 Å². The van der Waals surface area contributed by atoms with Crippen molar-refractivity contribution >= 4 is 35.9 Å². The standard InChI is InChI=1S/C8H26O2Si4/c1-9-11-8-14(5,6)10-12-7-13(2,3)4/h7-8,11-12H2,1-6H3. The minimum Gasteiger partial charge on any atom is -0.461 e. The molecule has 0 N–H and O–H groups in total. The lowest BCUT2D eigenvalue weighted by atomic mass is 11.8. The lowest BCUT2D eigenvalue weighted by molar-refractivity contribution is 0.442. The van der Waals surface area contributed by atoms with E-state index in [-0.39, 0.29) is 19.5 Å². The maximum Gasteiger partial charge on any atom is 0.171 e. The zero-order valence-corrected chi connectivity index (χ0v) is 15.5. The molecule has 0 aromatic carbocycles. The first-order valence-corrected chi connectivity index (χ1v) is 15.4. The van der Waals surface area contributed by atoms with Gasteiger partial charge in [-0.25, -0.2) is 0 Å². The van der Waals surface area contributed by atoms with Gasteiger partial charge >= 0.3 is 0 Å². The molecule has 0 aliphatic rings. The average Bonchev–Trinajstić information content (AvgIpc) is 1.98. The zero-order chi connectivity index (χ0) is 11.2. The van der Waals surface area contributed by atoms with Crippen LogP contribution in [-0.2, 0) is 8.54 Å². The van der Waals surface area contributed by atoms with Gasteiger partial charge in [0.25, 0.3) is 0 Å². The largest absolute Gasteiger partial charge is 0.461 e. The van der Waals surface area contributed by atoms with Crippen molar-refractivity contribution in [3.8, 4) is 0 Å². The first-order valence-electron chi connectivity index (χ1n) is 5.40. The van der Waals surface area contributed by atoms with Gasteiger partial charge in [0.05, 0.1) is 0 Å². The minimum atomic E-state index is -1.30. The minimum absolute atomic E-state index is 0.235. The van der Waals surface area contributed by atoms with Crippen LogP contribution < -0.4 is 0 Å². The van der Waals surface area contributed by atoms with E-state index in [0.29, 0.717) is 0 Å². The molecule has 0 saturated carbocycles. The fraction of sp³-hybridized carbons (Fsp3) is 1.00. The molecule has 0 radical (unpaired) electrons. The van der Waals surface area contributed by atoms with Gasteiger partial charge in [-0.3, -0.25) is 0 Å². The highest BCUT2D eigenvalue weighted by molar-refractivity contribution is 6.86.